The largest absolute Gasteiger partial charge is 0.508 e. The SMILES string of the molecule is C[C@H](N)C(=O)N[C@@H](CCC(=O)O)C(=O)N[C@@H](Cc1ccc(O)cc1)C(=O)O. The Kier molecular flexibility index (Phi) is 8.21. The average molecular weight is 381 g/mol. The van der Waals surface area contributed by atoms with E-state index in [4.69, 9.17) is 10.8 Å². The maximum atomic E-state index is 12.4. The van der Waals surface area contributed by atoms with Crippen molar-refractivity contribution < 1.29 is 34.5 Å². The van der Waals surface area contributed by atoms with Gasteiger partial charge in [-0.25, -0.2) is 4.79 Å². The van der Waals surface area contributed by atoms with Crippen LogP contribution < -0.4 is 16.4 Å². The van der Waals surface area contributed by atoms with E-state index in [1.165, 1.54) is 31.2 Å². The quantitative estimate of drug-likeness (QED) is 0.305. The Hall–Kier alpha value is -3.14. The van der Waals surface area contributed by atoms with Gasteiger partial charge in [-0.2, -0.15) is 0 Å². The number of carbonyl (C=O) groups excluding carboxylic acids is 2. The van der Waals surface area contributed by atoms with Crippen molar-refractivity contribution in [2.75, 3.05) is 0 Å². The lowest BCUT2D eigenvalue weighted by Crippen LogP contribution is -2.54. The lowest BCUT2D eigenvalue weighted by atomic mass is 10.0. The molecule has 0 aliphatic heterocycles. The van der Waals surface area contributed by atoms with E-state index in [2.05, 4.69) is 10.6 Å². The Balaban J connectivity index is 2.86. The van der Waals surface area contributed by atoms with Crippen molar-refractivity contribution in [1.29, 1.82) is 0 Å². The van der Waals surface area contributed by atoms with E-state index in [1.807, 2.05) is 0 Å². The van der Waals surface area contributed by atoms with Gasteiger partial charge in [-0.15, -0.1) is 0 Å². The van der Waals surface area contributed by atoms with Gasteiger partial charge in [0.25, 0.3) is 0 Å². The molecule has 0 aliphatic rings. The third-order valence-electron chi connectivity index (χ3n) is 3.68. The van der Waals surface area contributed by atoms with Gasteiger partial charge in [0, 0.05) is 12.8 Å². The average Bonchev–Trinajstić information content (AvgIpc) is 2.58. The van der Waals surface area contributed by atoms with Crippen molar-refractivity contribution in [1.82, 2.24) is 10.6 Å². The summed E-state index contributed by atoms with van der Waals surface area (Å²) < 4.78 is 0. The first kappa shape index (κ1) is 21.9. The van der Waals surface area contributed by atoms with Crippen LogP contribution in [-0.2, 0) is 25.6 Å². The van der Waals surface area contributed by atoms with Crippen LogP contribution >= 0.6 is 0 Å². The van der Waals surface area contributed by atoms with Crippen LogP contribution in [0.5, 0.6) is 5.75 Å². The van der Waals surface area contributed by atoms with Crippen LogP contribution in [-0.4, -0.2) is 57.2 Å². The molecule has 0 heterocycles. The molecule has 1 rings (SSSR count). The van der Waals surface area contributed by atoms with Gasteiger partial charge in [0.05, 0.1) is 6.04 Å². The number of hydrogen-bond acceptors (Lipinski definition) is 6. The number of rotatable bonds is 10. The molecule has 10 heteroatoms. The highest BCUT2D eigenvalue weighted by atomic mass is 16.4. The van der Waals surface area contributed by atoms with Gasteiger partial charge >= 0.3 is 11.9 Å². The van der Waals surface area contributed by atoms with Crippen LogP contribution in [0.4, 0.5) is 0 Å². The number of phenolic OH excluding ortho intramolecular Hbond substituents is 1. The molecule has 148 valence electrons. The number of benzene rings is 1. The number of nitrogens with two attached hydrogens (primary N) is 1. The summed E-state index contributed by atoms with van der Waals surface area (Å²) in [7, 11) is 0. The Bertz CT molecular complexity index is 688. The van der Waals surface area contributed by atoms with Crippen molar-refractivity contribution in [2.45, 2.75) is 44.3 Å². The van der Waals surface area contributed by atoms with E-state index >= 15 is 0 Å². The van der Waals surface area contributed by atoms with Crippen LogP contribution in [0.2, 0.25) is 0 Å². The molecule has 2 amide bonds. The van der Waals surface area contributed by atoms with E-state index in [-0.39, 0.29) is 18.6 Å². The molecule has 7 N–H and O–H groups in total. The first-order valence-corrected chi connectivity index (χ1v) is 8.19. The number of hydrogen-bond donors (Lipinski definition) is 6. The van der Waals surface area contributed by atoms with Gasteiger partial charge < -0.3 is 31.7 Å². The first-order valence-electron chi connectivity index (χ1n) is 8.19. The Morgan fingerprint density at radius 3 is 2.04 bits per heavy atom. The monoisotopic (exact) mass is 381 g/mol. The van der Waals surface area contributed by atoms with Crippen molar-refractivity contribution in [3.8, 4) is 5.75 Å². The first-order chi connectivity index (χ1) is 12.6. The number of carboxylic acids is 2. The maximum absolute atomic E-state index is 12.4. The van der Waals surface area contributed by atoms with Gasteiger partial charge in [-0.1, -0.05) is 12.1 Å². The molecule has 0 bridgehead atoms. The molecule has 1 aromatic carbocycles. The standard InChI is InChI=1S/C17H23N3O7/c1-9(18)15(24)19-12(6-7-14(22)23)16(25)20-13(17(26)27)8-10-2-4-11(21)5-3-10/h2-5,9,12-13,21H,6-8,18H2,1H3,(H,19,24)(H,20,25)(H,22,23)(H,26,27)/t9-,12-,13-/m0/s1. The second-order valence-electron chi connectivity index (χ2n) is 6.05. The zero-order chi connectivity index (χ0) is 20.6. The van der Waals surface area contributed by atoms with Gasteiger partial charge in [-0.05, 0) is 31.0 Å². The smallest absolute Gasteiger partial charge is 0.326 e. The summed E-state index contributed by atoms with van der Waals surface area (Å²) in [5, 5.41) is 32.0. The number of nitrogens with one attached hydrogen (secondary N) is 2. The number of carboxylic acid groups (broad SMARTS) is 2. The fourth-order valence-corrected chi connectivity index (χ4v) is 2.18. The third-order valence-corrected chi connectivity index (χ3v) is 3.68. The second kappa shape index (κ2) is 10.1. The number of aliphatic carboxylic acids is 2. The van der Waals surface area contributed by atoms with E-state index < -0.39 is 48.3 Å². The highest BCUT2D eigenvalue weighted by molar-refractivity contribution is 5.92. The topological polar surface area (TPSA) is 179 Å². The molecule has 27 heavy (non-hydrogen) atoms. The van der Waals surface area contributed by atoms with Crippen LogP contribution in [0.25, 0.3) is 0 Å². The Labute approximate surface area is 155 Å². The predicted molar refractivity (Wildman–Crippen MR) is 93.8 cm³/mol. The summed E-state index contributed by atoms with van der Waals surface area (Å²) in [6.07, 6.45) is -0.674. The highest BCUT2D eigenvalue weighted by Gasteiger charge is 2.27. The minimum absolute atomic E-state index is 0.0158. The molecule has 1 aromatic rings. The van der Waals surface area contributed by atoms with Crippen molar-refractivity contribution >= 4 is 23.8 Å². The fourth-order valence-electron chi connectivity index (χ4n) is 2.18. The van der Waals surface area contributed by atoms with E-state index in [0.717, 1.165) is 0 Å². The molecule has 0 aromatic heterocycles. The van der Waals surface area contributed by atoms with Crippen LogP contribution in [0.1, 0.15) is 25.3 Å². The molecule has 0 spiro atoms. The van der Waals surface area contributed by atoms with Gasteiger partial charge in [0.15, 0.2) is 0 Å². The number of phenols is 1. The minimum Gasteiger partial charge on any atom is -0.508 e. The maximum Gasteiger partial charge on any atom is 0.326 e. The van der Waals surface area contributed by atoms with E-state index in [9.17, 15) is 29.4 Å². The predicted octanol–water partition coefficient (Wildman–Crippen LogP) is -0.799. The van der Waals surface area contributed by atoms with Crippen LogP contribution in [0, 0.1) is 0 Å². The summed E-state index contributed by atoms with van der Waals surface area (Å²) in [4.78, 5) is 46.4. The normalized spacial score (nSPS) is 13.9. The molecule has 10 nitrogen and oxygen atoms in total. The number of aromatic hydroxyl groups is 1. The minimum atomic E-state index is -1.30. The molecular formula is C17H23N3O7. The zero-order valence-corrected chi connectivity index (χ0v) is 14.7. The molecule has 0 saturated heterocycles. The summed E-state index contributed by atoms with van der Waals surface area (Å²) >= 11 is 0. The van der Waals surface area contributed by atoms with Crippen molar-refractivity contribution in [3.63, 3.8) is 0 Å². The number of amides is 2. The lowest BCUT2D eigenvalue weighted by Gasteiger charge is -2.22. The van der Waals surface area contributed by atoms with E-state index in [1.54, 1.807) is 0 Å². The summed E-state index contributed by atoms with van der Waals surface area (Å²) in [6.45, 7) is 1.40. The zero-order valence-electron chi connectivity index (χ0n) is 14.7. The fraction of sp³-hybridized carbons (Fsp3) is 0.412. The van der Waals surface area contributed by atoms with Gasteiger partial charge in [-0.3, -0.25) is 14.4 Å². The van der Waals surface area contributed by atoms with E-state index in [0.29, 0.717) is 5.56 Å². The summed E-state index contributed by atoms with van der Waals surface area (Å²) in [5.41, 5.74) is 5.99. The highest BCUT2D eigenvalue weighted by Crippen LogP contribution is 2.12. The molecule has 3 atom stereocenters. The lowest BCUT2D eigenvalue weighted by molar-refractivity contribution is -0.143. The molecule has 0 fully saturated rings. The molecular weight excluding hydrogens is 358 g/mol. The van der Waals surface area contributed by atoms with Crippen molar-refractivity contribution in [2.24, 2.45) is 5.73 Å². The van der Waals surface area contributed by atoms with Gasteiger partial charge in [0.1, 0.15) is 17.8 Å². The molecule has 0 aliphatic carbocycles. The third kappa shape index (κ3) is 7.74. The second-order valence-corrected chi connectivity index (χ2v) is 6.05. The van der Waals surface area contributed by atoms with Crippen molar-refractivity contribution in [3.05, 3.63) is 29.8 Å². The molecule has 0 unspecified atom stereocenters. The Morgan fingerprint density at radius 2 is 1.56 bits per heavy atom. The summed E-state index contributed by atoms with van der Waals surface area (Å²) in [5.74, 6) is -3.93. The van der Waals surface area contributed by atoms with Crippen LogP contribution in [0.15, 0.2) is 24.3 Å². The van der Waals surface area contributed by atoms with Crippen LogP contribution in [0.3, 0.4) is 0 Å². The van der Waals surface area contributed by atoms with Gasteiger partial charge in [0.2, 0.25) is 11.8 Å². The Morgan fingerprint density at radius 1 is 1.00 bits per heavy atom. The molecule has 0 radical (unpaired) electrons. The number of carbonyl (C=O) groups is 4. The molecule has 0 saturated carbocycles. The summed E-state index contributed by atoms with van der Waals surface area (Å²) in [6, 6.07) is 2.33.